The Morgan fingerprint density at radius 2 is 1.95 bits per heavy atom. The highest BCUT2D eigenvalue weighted by Gasteiger charge is 2.00. The topological polar surface area (TPSA) is 72.0 Å². The minimum Gasteiger partial charge on any atom is -0.489 e. The van der Waals surface area contributed by atoms with Gasteiger partial charge in [-0.15, -0.1) is 0 Å². The van der Waals surface area contributed by atoms with Crippen molar-refractivity contribution in [2.75, 3.05) is 0 Å². The molecule has 1 aromatic heterocycles. The van der Waals surface area contributed by atoms with Crippen molar-refractivity contribution in [3.8, 4) is 5.75 Å². The van der Waals surface area contributed by atoms with E-state index in [4.69, 9.17) is 15.9 Å². The van der Waals surface area contributed by atoms with Gasteiger partial charge in [-0.2, -0.15) is 0 Å². The zero-order valence-corrected chi connectivity index (χ0v) is 10.3. The largest absolute Gasteiger partial charge is 0.489 e. The summed E-state index contributed by atoms with van der Waals surface area (Å²) in [7, 11) is 0. The standard InChI is InChI=1S/C14H14FN3O/c15-12-5-11(7-18-8-12)9-19-13-3-1-10(2-4-13)6-14(16)17/h1-5,7-8H,6,9H2,(H3,16,17). The van der Waals surface area contributed by atoms with Crippen molar-refractivity contribution in [3.05, 3.63) is 59.7 Å². The Kier molecular flexibility index (Phi) is 4.07. The molecule has 19 heavy (non-hydrogen) atoms. The SMILES string of the molecule is N=C(N)Cc1ccc(OCc2cncc(F)c2)cc1. The molecule has 0 aliphatic heterocycles. The summed E-state index contributed by atoms with van der Waals surface area (Å²) in [6.45, 7) is 0.261. The molecule has 5 heteroatoms. The second-order valence-corrected chi connectivity index (χ2v) is 4.15. The van der Waals surface area contributed by atoms with Gasteiger partial charge >= 0.3 is 0 Å². The number of nitrogens with one attached hydrogen (secondary N) is 1. The van der Waals surface area contributed by atoms with Gasteiger partial charge in [0.15, 0.2) is 0 Å². The minimum atomic E-state index is -0.377. The lowest BCUT2D eigenvalue weighted by Crippen LogP contribution is -2.12. The maximum Gasteiger partial charge on any atom is 0.141 e. The summed E-state index contributed by atoms with van der Waals surface area (Å²) in [6.07, 6.45) is 3.14. The van der Waals surface area contributed by atoms with E-state index in [-0.39, 0.29) is 18.3 Å². The second-order valence-electron chi connectivity index (χ2n) is 4.15. The van der Waals surface area contributed by atoms with Crippen molar-refractivity contribution >= 4 is 5.84 Å². The molecule has 3 N–H and O–H groups in total. The molecule has 0 saturated heterocycles. The Hall–Kier alpha value is -2.43. The molecule has 2 aromatic rings. The summed E-state index contributed by atoms with van der Waals surface area (Å²) in [5.74, 6) is 0.425. The second kappa shape index (κ2) is 5.95. The quantitative estimate of drug-likeness (QED) is 0.639. The third-order valence-electron chi connectivity index (χ3n) is 2.48. The summed E-state index contributed by atoms with van der Waals surface area (Å²) in [5.41, 5.74) is 6.95. The third kappa shape index (κ3) is 4.06. The third-order valence-corrected chi connectivity index (χ3v) is 2.48. The van der Waals surface area contributed by atoms with Crippen molar-refractivity contribution < 1.29 is 9.13 Å². The van der Waals surface area contributed by atoms with Crippen LogP contribution in [0, 0.1) is 11.2 Å². The van der Waals surface area contributed by atoms with Crippen molar-refractivity contribution in [1.29, 1.82) is 5.41 Å². The van der Waals surface area contributed by atoms with Gasteiger partial charge in [0.25, 0.3) is 0 Å². The Morgan fingerprint density at radius 1 is 1.21 bits per heavy atom. The van der Waals surface area contributed by atoms with Crippen LogP contribution < -0.4 is 10.5 Å². The van der Waals surface area contributed by atoms with E-state index in [0.717, 1.165) is 11.8 Å². The van der Waals surface area contributed by atoms with Crippen molar-refractivity contribution in [3.63, 3.8) is 0 Å². The molecule has 4 nitrogen and oxygen atoms in total. The predicted octanol–water partition coefficient (Wildman–Crippen LogP) is 2.28. The van der Waals surface area contributed by atoms with E-state index < -0.39 is 0 Å². The van der Waals surface area contributed by atoms with Crippen LogP contribution in [0.2, 0.25) is 0 Å². The van der Waals surface area contributed by atoms with E-state index in [9.17, 15) is 4.39 Å². The van der Waals surface area contributed by atoms with Crippen molar-refractivity contribution in [1.82, 2.24) is 4.98 Å². The number of nitrogens with two attached hydrogens (primary N) is 1. The molecular formula is C14H14FN3O. The first kappa shape index (κ1) is 13.0. The highest BCUT2D eigenvalue weighted by Crippen LogP contribution is 2.14. The number of hydrogen-bond acceptors (Lipinski definition) is 3. The summed E-state index contributed by atoms with van der Waals surface area (Å²) in [4.78, 5) is 3.75. The summed E-state index contributed by atoms with van der Waals surface area (Å²) < 4.78 is 18.4. The van der Waals surface area contributed by atoms with Gasteiger partial charge in [0.05, 0.1) is 12.0 Å². The molecule has 1 heterocycles. The molecule has 0 aliphatic carbocycles. The van der Waals surface area contributed by atoms with E-state index in [1.807, 2.05) is 12.1 Å². The van der Waals surface area contributed by atoms with Crippen LogP contribution >= 0.6 is 0 Å². The molecule has 0 radical (unpaired) electrons. The van der Waals surface area contributed by atoms with Gasteiger partial charge in [-0.3, -0.25) is 10.4 Å². The first-order chi connectivity index (χ1) is 9.13. The average molecular weight is 259 g/mol. The Bertz CT molecular complexity index is 569. The number of ether oxygens (including phenoxy) is 1. The monoisotopic (exact) mass is 259 g/mol. The molecule has 0 bridgehead atoms. The highest BCUT2D eigenvalue weighted by atomic mass is 19.1. The molecule has 98 valence electrons. The number of hydrogen-bond donors (Lipinski definition) is 2. The molecule has 0 aliphatic rings. The van der Waals surface area contributed by atoms with Crippen LogP contribution in [0.3, 0.4) is 0 Å². The van der Waals surface area contributed by atoms with Gasteiger partial charge in [-0.25, -0.2) is 4.39 Å². The van der Waals surface area contributed by atoms with Gasteiger partial charge in [-0.1, -0.05) is 12.1 Å². The highest BCUT2D eigenvalue weighted by molar-refractivity contribution is 5.79. The molecule has 0 atom stereocenters. The molecule has 0 unspecified atom stereocenters. The summed E-state index contributed by atoms with van der Waals surface area (Å²) >= 11 is 0. The number of halogens is 1. The number of nitrogens with zero attached hydrogens (tertiary/aromatic N) is 1. The van der Waals surface area contributed by atoms with E-state index >= 15 is 0 Å². The maximum atomic E-state index is 12.9. The smallest absolute Gasteiger partial charge is 0.141 e. The fourth-order valence-corrected chi connectivity index (χ4v) is 1.62. The van der Waals surface area contributed by atoms with E-state index in [1.54, 1.807) is 18.3 Å². The molecule has 2 rings (SSSR count). The zero-order valence-electron chi connectivity index (χ0n) is 10.3. The first-order valence-electron chi connectivity index (χ1n) is 5.77. The van der Waals surface area contributed by atoms with Gasteiger partial charge < -0.3 is 10.5 Å². The summed E-state index contributed by atoms with van der Waals surface area (Å²) in [6, 6.07) is 8.67. The van der Waals surface area contributed by atoms with Crippen LogP contribution in [0.4, 0.5) is 4.39 Å². The zero-order chi connectivity index (χ0) is 13.7. The maximum absolute atomic E-state index is 12.9. The molecule has 1 aromatic carbocycles. The number of pyridine rings is 1. The van der Waals surface area contributed by atoms with Gasteiger partial charge in [-0.05, 0) is 23.8 Å². The number of benzene rings is 1. The normalized spacial score (nSPS) is 10.2. The van der Waals surface area contributed by atoms with Crippen LogP contribution in [0.15, 0.2) is 42.7 Å². The number of aromatic nitrogens is 1. The molecule has 0 spiro atoms. The lowest BCUT2D eigenvalue weighted by Gasteiger charge is -2.07. The van der Waals surface area contributed by atoms with Crippen LogP contribution in [0.1, 0.15) is 11.1 Å². The summed E-state index contributed by atoms with van der Waals surface area (Å²) in [5, 5.41) is 7.20. The van der Waals surface area contributed by atoms with E-state index in [2.05, 4.69) is 4.98 Å². The predicted molar refractivity (Wildman–Crippen MR) is 70.6 cm³/mol. The van der Waals surface area contributed by atoms with Crippen LogP contribution in [-0.4, -0.2) is 10.8 Å². The molecule has 0 saturated carbocycles. The van der Waals surface area contributed by atoms with Gasteiger partial charge in [0, 0.05) is 18.2 Å². The molecular weight excluding hydrogens is 245 g/mol. The van der Waals surface area contributed by atoms with Crippen molar-refractivity contribution in [2.24, 2.45) is 5.73 Å². The lowest BCUT2D eigenvalue weighted by molar-refractivity contribution is 0.305. The minimum absolute atomic E-state index is 0.125. The molecule has 0 amide bonds. The lowest BCUT2D eigenvalue weighted by atomic mass is 10.1. The van der Waals surface area contributed by atoms with Crippen LogP contribution in [-0.2, 0) is 13.0 Å². The average Bonchev–Trinajstić information content (AvgIpc) is 2.37. The van der Waals surface area contributed by atoms with Gasteiger partial charge in [0.1, 0.15) is 18.2 Å². The fraction of sp³-hybridized carbons (Fsp3) is 0.143. The van der Waals surface area contributed by atoms with E-state index in [1.165, 1.54) is 6.07 Å². The Balaban J connectivity index is 1.94. The Morgan fingerprint density at radius 3 is 2.58 bits per heavy atom. The number of rotatable bonds is 5. The van der Waals surface area contributed by atoms with Gasteiger partial charge in [0.2, 0.25) is 0 Å². The first-order valence-corrected chi connectivity index (χ1v) is 5.77. The number of amidine groups is 1. The van der Waals surface area contributed by atoms with Crippen LogP contribution in [0.25, 0.3) is 0 Å². The Labute approximate surface area is 110 Å². The fourth-order valence-electron chi connectivity index (χ4n) is 1.62. The van der Waals surface area contributed by atoms with E-state index in [0.29, 0.717) is 17.7 Å². The van der Waals surface area contributed by atoms with Crippen LogP contribution in [0.5, 0.6) is 5.75 Å². The molecule has 0 fully saturated rings. The van der Waals surface area contributed by atoms with Crippen molar-refractivity contribution in [2.45, 2.75) is 13.0 Å².